The van der Waals surface area contributed by atoms with Crippen LogP contribution in [0.25, 0.3) is 0 Å². The first kappa shape index (κ1) is 21.6. The van der Waals surface area contributed by atoms with Crippen LogP contribution in [0.15, 0.2) is 47.4 Å². The molecular weight excluding hydrogens is 414 g/mol. The van der Waals surface area contributed by atoms with E-state index >= 15 is 0 Å². The molecule has 2 aromatic carbocycles. The van der Waals surface area contributed by atoms with E-state index in [1.54, 1.807) is 37.1 Å². The standard InChI is InChI=1S/C23H29N3O4S/c1-18-9-10-19(17-22(18)31(28,29)26-11-5-6-12-26)23(27)25-15-13-24(14-16-25)20-7-3-4-8-21(20)30-2/h3-4,7-10,17H,5-6,11-16H2,1-2H3. The minimum absolute atomic E-state index is 0.127. The number of carbonyl (C=O) groups is 1. The number of para-hydroxylation sites is 2. The molecule has 7 nitrogen and oxygen atoms in total. The number of aryl methyl sites for hydroxylation is 1. The number of sulfonamides is 1. The maximum Gasteiger partial charge on any atom is 0.254 e. The van der Waals surface area contributed by atoms with Gasteiger partial charge in [0.1, 0.15) is 5.75 Å². The number of ether oxygens (including phenoxy) is 1. The van der Waals surface area contributed by atoms with Crippen molar-refractivity contribution in [3.8, 4) is 5.75 Å². The van der Waals surface area contributed by atoms with Gasteiger partial charge in [-0.25, -0.2) is 8.42 Å². The number of benzene rings is 2. The molecule has 0 aromatic heterocycles. The van der Waals surface area contributed by atoms with Crippen LogP contribution < -0.4 is 9.64 Å². The third-order valence-electron chi connectivity index (χ3n) is 6.11. The second-order valence-electron chi connectivity index (χ2n) is 8.04. The summed E-state index contributed by atoms with van der Waals surface area (Å²) in [6, 6.07) is 12.9. The lowest BCUT2D eigenvalue weighted by atomic mass is 10.1. The highest BCUT2D eigenvalue weighted by Crippen LogP contribution is 2.29. The molecule has 0 unspecified atom stereocenters. The summed E-state index contributed by atoms with van der Waals surface area (Å²) in [5.41, 5.74) is 2.12. The van der Waals surface area contributed by atoms with Crippen molar-refractivity contribution in [3.05, 3.63) is 53.6 Å². The molecule has 2 heterocycles. The van der Waals surface area contributed by atoms with Crippen molar-refractivity contribution < 1.29 is 17.9 Å². The van der Waals surface area contributed by atoms with Crippen LogP contribution in [-0.4, -0.2) is 69.9 Å². The van der Waals surface area contributed by atoms with E-state index in [1.165, 1.54) is 4.31 Å². The zero-order valence-electron chi connectivity index (χ0n) is 18.1. The first-order valence-electron chi connectivity index (χ1n) is 10.7. The van der Waals surface area contributed by atoms with E-state index in [2.05, 4.69) is 4.90 Å². The molecule has 0 radical (unpaired) electrons. The third kappa shape index (κ3) is 4.27. The van der Waals surface area contributed by atoms with Crippen molar-refractivity contribution in [2.75, 3.05) is 51.3 Å². The van der Waals surface area contributed by atoms with Gasteiger partial charge in [0.15, 0.2) is 0 Å². The Morgan fingerprint density at radius 3 is 2.29 bits per heavy atom. The zero-order valence-corrected chi connectivity index (χ0v) is 18.9. The largest absolute Gasteiger partial charge is 0.495 e. The van der Waals surface area contributed by atoms with E-state index in [0.29, 0.717) is 50.4 Å². The molecule has 166 valence electrons. The highest BCUT2D eigenvalue weighted by molar-refractivity contribution is 7.89. The molecule has 2 saturated heterocycles. The van der Waals surface area contributed by atoms with Gasteiger partial charge in [-0.2, -0.15) is 4.31 Å². The van der Waals surface area contributed by atoms with Gasteiger partial charge >= 0.3 is 0 Å². The molecule has 0 bridgehead atoms. The molecule has 0 atom stereocenters. The molecule has 0 N–H and O–H groups in total. The molecule has 1 amide bonds. The van der Waals surface area contributed by atoms with Gasteiger partial charge in [-0.1, -0.05) is 18.2 Å². The van der Waals surface area contributed by atoms with Crippen LogP contribution in [0.5, 0.6) is 5.75 Å². The molecule has 0 spiro atoms. The lowest BCUT2D eigenvalue weighted by Crippen LogP contribution is -2.48. The zero-order chi connectivity index (χ0) is 22.0. The predicted molar refractivity (Wildman–Crippen MR) is 120 cm³/mol. The Bertz CT molecular complexity index is 1060. The van der Waals surface area contributed by atoms with Gasteiger partial charge in [-0.15, -0.1) is 0 Å². The van der Waals surface area contributed by atoms with Crippen molar-refractivity contribution in [2.45, 2.75) is 24.7 Å². The topological polar surface area (TPSA) is 70.2 Å². The molecule has 2 aliphatic heterocycles. The molecule has 2 aromatic rings. The number of piperazine rings is 1. The summed E-state index contributed by atoms with van der Waals surface area (Å²) in [5, 5.41) is 0. The summed E-state index contributed by atoms with van der Waals surface area (Å²) < 4.78 is 33.1. The fourth-order valence-electron chi connectivity index (χ4n) is 4.30. The minimum Gasteiger partial charge on any atom is -0.495 e. The lowest BCUT2D eigenvalue weighted by molar-refractivity contribution is 0.0746. The van der Waals surface area contributed by atoms with Crippen molar-refractivity contribution in [2.24, 2.45) is 0 Å². The van der Waals surface area contributed by atoms with E-state index < -0.39 is 10.0 Å². The Morgan fingerprint density at radius 2 is 1.61 bits per heavy atom. The van der Waals surface area contributed by atoms with Gasteiger partial charge in [-0.3, -0.25) is 4.79 Å². The fraction of sp³-hybridized carbons (Fsp3) is 0.435. The smallest absolute Gasteiger partial charge is 0.254 e. The Morgan fingerprint density at radius 1 is 0.935 bits per heavy atom. The number of methoxy groups -OCH3 is 1. The second-order valence-corrected chi connectivity index (χ2v) is 9.95. The Labute approximate surface area is 184 Å². The fourth-order valence-corrected chi connectivity index (χ4v) is 6.07. The summed E-state index contributed by atoms with van der Waals surface area (Å²) in [7, 11) is -1.91. The van der Waals surface area contributed by atoms with E-state index in [0.717, 1.165) is 24.3 Å². The molecule has 4 rings (SSSR count). The minimum atomic E-state index is -3.57. The Hall–Kier alpha value is -2.58. The molecule has 0 saturated carbocycles. The normalized spacial score (nSPS) is 17.7. The summed E-state index contributed by atoms with van der Waals surface area (Å²) in [5.74, 6) is 0.690. The van der Waals surface area contributed by atoms with Crippen LogP contribution in [-0.2, 0) is 10.0 Å². The van der Waals surface area contributed by atoms with E-state index in [9.17, 15) is 13.2 Å². The average Bonchev–Trinajstić information content (AvgIpc) is 3.35. The van der Waals surface area contributed by atoms with E-state index in [-0.39, 0.29) is 10.8 Å². The van der Waals surface area contributed by atoms with E-state index in [4.69, 9.17) is 4.74 Å². The molecule has 2 fully saturated rings. The van der Waals surface area contributed by atoms with E-state index in [1.807, 2.05) is 24.3 Å². The highest BCUT2D eigenvalue weighted by Gasteiger charge is 2.30. The Kier molecular flexibility index (Phi) is 6.20. The van der Waals surface area contributed by atoms with Gasteiger partial charge in [0, 0.05) is 44.8 Å². The van der Waals surface area contributed by atoms with Crippen LogP contribution in [0.3, 0.4) is 0 Å². The molecule has 2 aliphatic rings. The van der Waals surface area contributed by atoms with Gasteiger partial charge in [0.25, 0.3) is 5.91 Å². The van der Waals surface area contributed by atoms with Gasteiger partial charge in [0.2, 0.25) is 10.0 Å². The SMILES string of the molecule is COc1ccccc1N1CCN(C(=O)c2ccc(C)c(S(=O)(=O)N3CCCC3)c2)CC1. The maximum absolute atomic E-state index is 13.2. The molecule has 0 aliphatic carbocycles. The van der Waals surface area contributed by atoms with Gasteiger partial charge in [-0.05, 0) is 49.6 Å². The summed E-state index contributed by atoms with van der Waals surface area (Å²) in [6.07, 6.45) is 1.76. The average molecular weight is 444 g/mol. The number of amides is 1. The van der Waals surface area contributed by atoms with Crippen molar-refractivity contribution >= 4 is 21.6 Å². The molecule has 31 heavy (non-hydrogen) atoms. The second kappa shape index (κ2) is 8.88. The predicted octanol–water partition coefficient (Wildman–Crippen LogP) is 2.75. The number of hydrogen-bond acceptors (Lipinski definition) is 5. The number of rotatable bonds is 5. The van der Waals surface area contributed by atoms with Crippen molar-refractivity contribution in [1.29, 1.82) is 0 Å². The number of hydrogen-bond donors (Lipinski definition) is 0. The molecular formula is C23H29N3O4S. The van der Waals surface area contributed by atoms with Crippen LogP contribution in [0.2, 0.25) is 0 Å². The number of anilines is 1. The number of nitrogens with zero attached hydrogens (tertiary/aromatic N) is 3. The third-order valence-corrected chi connectivity index (χ3v) is 8.15. The van der Waals surface area contributed by atoms with Crippen LogP contribution in [0.4, 0.5) is 5.69 Å². The summed E-state index contributed by atoms with van der Waals surface area (Å²) in [4.78, 5) is 17.4. The lowest BCUT2D eigenvalue weighted by Gasteiger charge is -2.36. The maximum atomic E-state index is 13.2. The first-order chi connectivity index (χ1) is 14.9. The quantitative estimate of drug-likeness (QED) is 0.711. The monoisotopic (exact) mass is 443 g/mol. The van der Waals surface area contributed by atoms with Crippen molar-refractivity contribution in [3.63, 3.8) is 0 Å². The summed E-state index contributed by atoms with van der Waals surface area (Å²) >= 11 is 0. The highest BCUT2D eigenvalue weighted by atomic mass is 32.2. The first-order valence-corrected chi connectivity index (χ1v) is 12.1. The van der Waals surface area contributed by atoms with Gasteiger partial charge < -0.3 is 14.5 Å². The molecule has 8 heteroatoms. The van der Waals surface area contributed by atoms with Gasteiger partial charge in [0.05, 0.1) is 17.7 Å². The van der Waals surface area contributed by atoms with Crippen molar-refractivity contribution in [1.82, 2.24) is 9.21 Å². The van der Waals surface area contributed by atoms with Crippen LogP contribution in [0, 0.1) is 6.92 Å². The Balaban J connectivity index is 1.49. The number of carbonyl (C=O) groups excluding carboxylic acids is 1. The van der Waals surface area contributed by atoms with Crippen LogP contribution >= 0.6 is 0 Å². The summed E-state index contributed by atoms with van der Waals surface area (Å²) in [6.45, 7) is 5.39. The van der Waals surface area contributed by atoms with Crippen LogP contribution in [0.1, 0.15) is 28.8 Å².